The first-order valence-electron chi connectivity index (χ1n) is 8.78. The van der Waals surface area contributed by atoms with E-state index in [1.165, 1.54) is 0 Å². The summed E-state index contributed by atoms with van der Waals surface area (Å²) in [5.41, 5.74) is 11.5. The third-order valence-corrected chi connectivity index (χ3v) is 3.40. The van der Waals surface area contributed by atoms with Gasteiger partial charge in [0.1, 0.15) is 11.8 Å². The van der Waals surface area contributed by atoms with Gasteiger partial charge in [-0.3, -0.25) is 9.59 Å². The van der Waals surface area contributed by atoms with E-state index in [1.807, 2.05) is 24.3 Å². The summed E-state index contributed by atoms with van der Waals surface area (Å²) < 4.78 is 5.26. The van der Waals surface area contributed by atoms with Crippen LogP contribution in [0.15, 0.2) is 24.3 Å². The molecule has 0 fully saturated rings. The number of hydrogen-bond donors (Lipinski definition) is 3. The number of carbonyl (C=O) groups excluding carboxylic acids is 1. The van der Waals surface area contributed by atoms with Gasteiger partial charge < -0.3 is 21.3 Å². The van der Waals surface area contributed by atoms with E-state index in [-0.39, 0.29) is 5.97 Å². The van der Waals surface area contributed by atoms with Gasteiger partial charge in [0.05, 0.1) is 0 Å². The standard InChI is InChI=1S/C13H18O2.C6H14N2O2/c1-4-13(14)15-12-8-6-5-7-11(12)9-10(2)3;7-4-2-1-3-5(8)6(9)10/h5-8,10H,4,9H2,1-3H3;5H,1-4,7-8H2,(H,9,10)/t;5-/m.0/s1. The van der Waals surface area contributed by atoms with Crippen molar-refractivity contribution in [2.75, 3.05) is 6.54 Å². The molecule has 142 valence electrons. The first-order valence-corrected chi connectivity index (χ1v) is 8.78. The van der Waals surface area contributed by atoms with E-state index in [1.54, 1.807) is 6.92 Å². The van der Waals surface area contributed by atoms with Gasteiger partial charge in [-0.15, -0.1) is 0 Å². The predicted octanol–water partition coefficient (Wildman–Crippen LogP) is 2.73. The molecule has 5 N–H and O–H groups in total. The van der Waals surface area contributed by atoms with Gasteiger partial charge in [0.2, 0.25) is 0 Å². The van der Waals surface area contributed by atoms with Crippen LogP contribution >= 0.6 is 0 Å². The van der Waals surface area contributed by atoms with E-state index in [2.05, 4.69) is 13.8 Å². The number of para-hydroxylation sites is 1. The Balaban J connectivity index is 0.000000504. The molecular weight excluding hydrogens is 320 g/mol. The van der Waals surface area contributed by atoms with Crippen LogP contribution < -0.4 is 16.2 Å². The lowest BCUT2D eigenvalue weighted by atomic mass is 10.0. The number of carboxylic acids is 1. The van der Waals surface area contributed by atoms with Crippen molar-refractivity contribution < 1.29 is 19.4 Å². The molecule has 25 heavy (non-hydrogen) atoms. The van der Waals surface area contributed by atoms with Gasteiger partial charge in [-0.25, -0.2) is 0 Å². The number of benzene rings is 1. The van der Waals surface area contributed by atoms with Crippen molar-refractivity contribution in [2.24, 2.45) is 17.4 Å². The van der Waals surface area contributed by atoms with Gasteiger partial charge in [0.25, 0.3) is 0 Å². The zero-order chi connectivity index (χ0) is 19.2. The zero-order valence-corrected chi connectivity index (χ0v) is 15.5. The van der Waals surface area contributed by atoms with Gasteiger partial charge in [-0.1, -0.05) is 45.4 Å². The average molecular weight is 352 g/mol. The minimum Gasteiger partial charge on any atom is -0.480 e. The maximum Gasteiger partial charge on any atom is 0.320 e. The summed E-state index contributed by atoms with van der Waals surface area (Å²) in [7, 11) is 0. The number of aliphatic carboxylic acids is 1. The fraction of sp³-hybridized carbons (Fsp3) is 0.579. The Kier molecular flexibility index (Phi) is 12.4. The Morgan fingerprint density at radius 3 is 2.36 bits per heavy atom. The van der Waals surface area contributed by atoms with Crippen LogP contribution in [0, 0.1) is 5.92 Å². The predicted molar refractivity (Wildman–Crippen MR) is 99.4 cm³/mol. The van der Waals surface area contributed by atoms with Crippen LogP contribution in [0.4, 0.5) is 0 Å². The number of ether oxygens (including phenoxy) is 1. The molecule has 0 aliphatic rings. The van der Waals surface area contributed by atoms with Crippen molar-refractivity contribution in [3.05, 3.63) is 29.8 Å². The quantitative estimate of drug-likeness (QED) is 0.357. The lowest BCUT2D eigenvalue weighted by Crippen LogP contribution is -2.29. The molecule has 0 aliphatic heterocycles. The number of esters is 1. The highest BCUT2D eigenvalue weighted by Gasteiger charge is 2.09. The molecule has 6 nitrogen and oxygen atoms in total. The van der Waals surface area contributed by atoms with Crippen molar-refractivity contribution in [1.82, 2.24) is 0 Å². The summed E-state index contributed by atoms with van der Waals surface area (Å²) in [5.74, 6) is 0.160. The number of carboxylic acid groups (broad SMARTS) is 1. The van der Waals surface area contributed by atoms with Crippen LogP contribution in [-0.2, 0) is 16.0 Å². The molecule has 0 unspecified atom stereocenters. The Morgan fingerprint density at radius 2 is 1.84 bits per heavy atom. The lowest BCUT2D eigenvalue weighted by Gasteiger charge is -2.10. The monoisotopic (exact) mass is 352 g/mol. The van der Waals surface area contributed by atoms with Gasteiger partial charge in [-0.05, 0) is 43.4 Å². The lowest BCUT2D eigenvalue weighted by molar-refractivity contribution is -0.138. The van der Waals surface area contributed by atoms with Gasteiger partial charge >= 0.3 is 11.9 Å². The van der Waals surface area contributed by atoms with Crippen molar-refractivity contribution >= 4 is 11.9 Å². The van der Waals surface area contributed by atoms with E-state index in [0.29, 0.717) is 31.1 Å². The van der Waals surface area contributed by atoms with E-state index in [0.717, 1.165) is 24.8 Å². The van der Waals surface area contributed by atoms with Crippen molar-refractivity contribution in [2.45, 2.75) is 58.9 Å². The highest BCUT2D eigenvalue weighted by molar-refractivity contribution is 5.73. The second-order valence-electron chi connectivity index (χ2n) is 6.26. The van der Waals surface area contributed by atoms with E-state index in [4.69, 9.17) is 21.3 Å². The second-order valence-corrected chi connectivity index (χ2v) is 6.26. The van der Waals surface area contributed by atoms with Crippen LogP contribution in [0.1, 0.15) is 52.0 Å². The summed E-state index contributed by atoms with van der Waals surface area (Å²) >= 11 is 0. The van der Waals surface area contributed by atoms with Crippen molar-refractivity contribution in [1.29, 1.82) is 0 Å². The fourth-order valence-electron chi connectivity index (χ4n) is 2.04. The molecule has 1 rings (SSSR count). The van der Waals surface area contributed by atoms with Gasteiger partial charge in [-0.2, -0.15) is 0 Å². The van der Waals surface area contributed by atoms with Crippen LogP contribution in [-0.4, -0.2) is 29.6 Å². The largest absolute Gasteiger partial charge is 0.480 e. The van der Waals surface area contributed by atoms with E-state index in [9.17, 15) is 9.59 Å². The highest BCUT2D eigenvalue weighted by atomic mass is 16.5. The van der Waals surface area contributed by atoms with Crippen LogP contribution in [0.5, 0.6) is 5.75 Å². The first kappa shape index (κ1) is 23.1. The van der Waals surface area contributed by atoms with Crippen LogP contribution in [0.3, 0.4) is 0 Å². The molecule has 0 aromatic heterocycles. The number of carbonyl (C=O) groups is 2. The molecule has 0 amide bonds. The molecule has 0 saturated heterocycles. The van der Waals surface area contributed by atoms with Gasteiger partial charge in [0.15, 0.2) is 0 Å². The molecule has 0 aliphatic carbocycles. The number of nitrogens with two attached hydrogens (primary N) is 2. The van der Waals surface area contributed by atoms with E-state index >= 15 is 0 Å². The molecule has 0 heterocycles. The molecule has 0 saturated carbocycles. The maximum atomic E-state index is 11.2. The molecular formula is C19H32N2O4. The molecule has 1 aromatic carbocycles. The summed E-state index contributed by atoms with van der Waals surface area (Å²) in [5, 5.41) is 8.33. The summed E-state index contributed by atoms with van der Waals surface area (Å²) in [6.07, 6.45) is 3.51. The topological polar surface area (TPSA) is 116 Å². The van der Waals surface area contributed by atoms with Crippen LogP contribution in [0.2, 0.25) is 0 Å². The number of rotatable bonds is 9. The Hall–Kier alpha value is -1.92. The van der Waals surface area contributed by atoms with Crippen molar-refractivity contribution in [3.8, 4) is 5.75 Å². The first-order chi connectivity index (χ1) is 11.8. The molecule has 1 atom stereocenters. The Labute approximate surface area is 150 Å². The van der Waals surface area contributed by atoms with Crippen molar-refractivity contribution in [3.63, 3.8) is 0 Å². The van der Waals surface area contributed by atoms with Gasteiger partial charge in [0, 0.05) is 6.42 Å². The smallest absolute Gasteiger partial charge is 0.320 e. The highest BCUT2D eigenvalue weighted by Crippen LogP contribution is 2.21. The minimum atomic E-state index is -0.933. The minimum absolute atomic E-state index is 0.175. The fourth-order valence-corrected chi connectivity index (χ4v) is 2.04. The Morgan fingerprint density at radius 1 is 1.20 bits per heavy atom. The second kappa shape index (κ2) is 13.4. The molecule has 0 radical (unpaired) electrons. The maximum absolute atomic E-state index is 11.2. The van der Waals surface area contributed by atoms with Crippen LogP contribution in [0.25, 0.3) is 0 Å². The third kappa shape index (κ3) is 11.3. The molecule has 0 bridgehead atoms. The third-order valence-electron chi connectivity index (χ3n) is 3.40. The van der Waals surface area contributed by atoms with E-state index < -0.39 is 12.0 Å². The number of hydrogen-bond acceptors (Lipinski definition) is 5. The Bertz CT molecular complexity index is 518. The summed E-state index contributed by atoms with van der Waals surface area (Å²) in [4.78, 5) is 21.3. The normalized spacial score (nSPS) is 11.4. The zero-order valence-electron chi connectivity index (χ0n) is 15.5. The molecule has 6 heteroatoms. The number of unbranched alkanes of at least 4 members (excludes halogenated alkanes) is 1. The summed E-state index contributed by atoms with van der Waals surface area (Å²) in [6, 6.07) is 7.01. The SMILES string of the molecule is CCC(=O)Oc1ccccc1CC(C)C.NCCCC[C@H](N)C(=O)O. The molecule has 1 aromatic rings. The molecule has 0 spiro atoms. The summed E-state index contributed by atoms with van der Waals surface area (Å²) in [6.45, 7) is 6.70. The average Bonchev–Trinajstić information content (AvgIpc) is 2.56.